The van der Waals surface area contributed by atoms with Gasteiger partial charge in [0, 0.05) is 37.1 Å². The number of ether oxygens (including phenoxy) is 1. The van der Waals surface area contributed by atoms with E-state index in [9.17, 15) is 9.59 Å². The fraction of sp³-hybridized carbons (Fsp3) is 0.200. The van der Waals surface area contributed by atoms with Crippen molar-refractivity contribution in [2.45, 2.75) is 13.0 Å². The van der Waals surface area contributed by atoms with Crippen LogP contribution in [0.2, 0.25) is 0 Å². The highest BCUT2D eigenvalue weighted by molar-refractivity contribution is 5.97. The van der Waals surface area contributed by atoms with Crippen molar-refractivity contribution < 1.29 is 14.3 Å². The van der Waals surface area contributed by atoms with Gasteiger partial charge in [-0.3, -0.25) is 9.59 Å². The Kier molecular flexibility index (Phi) is 3.59. The van der Waals surface area contributed by atoms with E-state index in [-0.39, 0.29) is 18.4 Å². The Bertz CT molecular complexity index is 665. The molecule has 6 heteroatoms. The van der Waals surface area contributed by atoms with Crippen molar-refractivity contribution in [3.05, 3.63) is 42.7 Å². The number of anilines is 2. The van der Waals surface area contributed by atoms with Crippen LogP contribution in [0.15, 0.2) is 42.7 Å². The molecule has 2 amide bonds. The second-order valence-electron chi connectivity index (χ2n) is 4.77. The second kappa shape index (κ2) is 5.70. The minimum atomic E-state index is -0.175. The number of nitrogens with one attached hydrogen (secondary N) is 2. The van der Waals surface area contributed by atoms with Crippen molar-refractivity contribution >= 4 is 23.2 Å². The van der Waals surface area contributed by atoms with E-state index in [2.05, 4.69) is 10.6 Å². The Morgan fingerprint density at radius 3 is 2.95 bits per heavy atom. The predicted octanol–water partition coefficient (Wildman–Crippen LogP) is 1.85. The number of nitrogens with zero attached hydrogens (tertiary/aromatic N) is 1. The monoisotopic (exact) mass is 285 g/mol. The van der Waals surface area contributed by atoms with Crippen molar-refractivity contribution in [1.82, 2.24) is 4.57 Å². The van der Waals surface area contributed by atoms with Gasteiger partial charge in [0.2, 0.25) is 5.91 Å². The lowest BCUT2D eigenvalue weighted by molar-refractivity contribution is -0.118. The summed E-state index contributed by atoms with van der Waals surface area (Å²) in [6, 6.07) is 9.01. The molecule has 0 radical (unpaired) electrons. The van der Waals surface area contributed by atoms with Crippen LogP contribution in [0.1, 0.15) is 6.42 Å². The fourth-order valence-electron chi connectivity index (χ4n) is 2.13. The highest BCUT2D eigenvalue weighted by Gasteiger charge is 2.16. The van der Waals surface area contributed by atoms with Crippen LogP contribution < -0.4 is 15.4 Å². The number of aryl methyl sites for hydroxylation is 1. The Morgan fingerprint density at radius 2 is 2.14 bits per heavy atom. The molecule has 6 nitrogen and oxygen atoms in total. The Balaban J connectivity index is 1.60. The van der Waals surface area contributed by atoms with Gasteiger partial charge in [0.05, 0.1) is 5.69 Å². The molecule has 1 aliphatic rings. The number of benzene rings is 1. The molecule has 1 aromatic carbocycles. The number of hydrogen-bond acceptors (Lipinski definition) is 3. The lowest BCUT2D eigenvalue weighted by Gasteiger charge is -2.18. The molecular weight excluding hydrogens is 270 g/mol. The van der Waals surface area contributed by atoms with Crippen LogP contribution in [-0.2, 0) is 16.1 Å². The summed E-state index contributed by atoms with van der Waals surface area (Å²) in [4.78, 5) is 23.1. The zero-order valence-corrected chi connectivity index (χ0v) is 11.3. The Morgan fingerprint density at radius 1 is 1.33 bits per heavy atom. The average Bonchev–Trinajstić information content (AvgIpc) is 2.99. The molecule has 0 aliphatic carbocycles. The van der Waals surface area contributed by atoms with Crippen LogP contribution in [0.4, 0.5) is 11.4 Å². The van der Waals surface area contributed by atoms with Gasteiger partial charge in [-0.15, -0.1) is 0 Å². The molecule has 21 heavy (non-hydrogen) atoms. The van der Waals surface area contributed by atoms with Gasteiger partial charge in [-0.05, 0) is 24.3 Å². The van der Waals surface area contributed by atoms with E-state index >= 15 is 0 Å². The van der Waals surface area contributed by atoms with Gasteiger partial charge in [-0.25, -0.2) is 0 Å². The molecule has 2 heterocycles. The Hall–Kier alpha value is -2.76. The Labute approximate surface area is 121 Å². The molecule has 0 bridgehead atoms. The normalized spacial score (nSPS) is 13.0. The second-order valence-corrected chi connectivity index (χ2v) is 4.77. The first kappa shape index (κ1) is 13.2. The van der Waals surface area contributed by atoms with Crippen molar-refractivity contribution in [3.8, 4) is 5.75 Å². The van der Waals surface area contributed by atoms with Crippen LogP contribution in [0.3, 0.4) is 0 Å². The maximum atomic E-state index is 11.9. The zero-order chi connectivity index (χ0) is 14.7. The van der Waals surface area contributed by atoms with E-state index in [0.29, 0.717) is 30.1 Å². The number of amides is 2. The lowest BCUT2D eigenvalue weighted by Crippen LogP contribution is -2.25. The SMILES string of the molecule is O=C(CCn1cccc1)Nc1ccc2c(c1)OCC(=O)N2. The highest BCUT2D eigenvalue weighted by atomic mass is 16.5. The van der Waals surface area contributed by atoms with Crippen LogP contribution in [0.5, 0.6) is 5.75 Å². The number of rotatable bonds is 4. The molecule has 0 unspecified atom stereocenters. The average molecular weight is 285 g/mol. The van der Waals surface area contributed by atoms with Gasteiger partial charge >= 0.3 is 0 Å². The van der Waals surface area contributed by atoms with Crippen LogP contribution in [-0.4, -0.2) is 23.0 Å². The van der Waals surface area contributed by atoms with Crippen LogP contribution in [0.25, 0.3) is 0 Å². The summed E-state index contributed by atoms with van der Waals surface area (Å²) < 4.78 is 7.26. The summed E-state index contributed by atoms with van der Waals surface area (Å²) in [6.45, 7) is 0.633. The van der Waals surface area contributed by atoms with E-state index < -0.39 is 0 Å². The number of aromatic nitrogens is 1. The molecule has 0 atom stereocenters. The number of hydrogen-bond donors (Lipinski definition) is 2. The maximum absolute atomic E-state index is 11.9. The third-order valence-electron chi connectivity index (χ3n) is 3.16. The topological polar surface area (TPSA) is 72.4 Å². The van der Waals surface area contributed by atoms with Gasteiger partial charge in [-0.1, -0.05) is 0 Å². The predicted molar refractivity (Wildman–Crippen MR) is 78.2 cm³/mol. The smallest absolute Gasteiger partial charge is 0.262 e. The number of fused-ring (bicyclic) bond motifs is 1. The zero-order valence-electron chi connectivity index (χ0n) is 11.3. The third-order valence-corrected chi connectivity index (χ3v) is 3.16. The summed E-state index contributed by atoms with van der Waals surface area (Å²) in [5, 5.41) is 5.52. The van der Waals surface area contributed by atoms with Gasteiger partial charge in [0.15, 0.2) is 6.61 Å². The van der Waals surface area contributed by atoms with E-state index in [4.69, 9.17) is 4.74 Å². The number of carbonyl (C=O) groups excluding carboxylic acids is 2. The summed E-state index contributed by atoms with van der Waals surface area (Å²) in [7, 11) is 0. The summed E-state index contributed by atoms with van der Waals surface area (Å²) in [5.41, 5.74) is 1.28. The molecule has 2 N–H and O–H groups in total. The molecular formula is C15H15N3O3. The molecule has 1 aliphatic heterocycles. The molecule has 1 aromatic heterocycles. The minimum absolute atomic E-state index is 0.00196. The molecule has 0 spiro atoms. The first-order valence-corrected chi connectivity index (χ1v) is 6.68. The van der Waals surface area contributed by atoms with Gasteiger partial charge in [-0.2, -0.15) is 0 Å². The van der Waals surface area contributed by atoms with Crippen molar-refractivity contribution in [1.29, 1.82) is 0 Å². The van der Waals surface area contributed by atoms with Gasteiger partial charge in [0.1, 0.15) is 5.75 Å². The molecule has 0 saturated heterocycles. The first-order valence-electron chi connectivity index (χ1n) is 6.68. The van der Waals surface area contributed by atoms with Crippen LogP contribution >= 0.6 is 0 Å². The summed E-state index contributed by atoms with van der Waals surface area (Å²) in [6.07, 6.45) is 4.23. The van der Waals surface area contributed by atoms with E-state index in [1.807, 2.05) is 29.1 Å². The lowest BCUT2D eigenvalue weighted by atomic mass is 10.2. The molecule has 2 aromatic rings. The van der Waals surface area contributed by atoms with Crippen molar-refractivity contribution in [2.24, 2.45) is 0 Å². The van der Waals surface area contributed by atoms with Crippen molar-refractivity contribution in [2.75, 3.05) is 17.2 Å². The first-order chi connectivity index (χ1) is 10.2. The molecule has 3 rings (SSSR count). The molecule has 108 valence electrons. The standard InChI is InChI=1S/C15H15N3O3/c19-14(5-8-18-6-1-2-7-18)16-11-3-4-12-13(9-11)21-10-15(20)17-12/h1-4,6-7,9H,5,8,10H2,(H,16,19)(H,17,20). The third kappa shape index (κ3) is 3.22. The largest absolute Gasteiger partial charge is 0.482 e. The van der Waals surface area contributed by atoms with E-state index in [1.54, 1.807) is 18.2 Å². The van der Waals surface area contributed by atoms with Gasteiger partial charge in [0.25, 0.3) is 5.91 Å². The summed E-state index contributed by atoms with van der Waals surface area (Å²) >= 11 is 0. The number of carbonyl (C=O) groups is 2. The maximum Gasteiger partial charge on any atom is 0.262 e. The van der Waals surface area contributed by atoms with Crippen LogP contribution in [0, 0.1) is 0 Å². The van der Waals surface area contributed by atoms with E-state index in [1.165, 1.54) is 0 Å². The van der Waals surface area contributed by atoms with Crippen molar-refractivity contribution in [3.63, 3.8) is 0 Å². The highest BCUT2D eigenvalue weighted by Crippen LogP contribution is 2.30. The quantitative estimate of drug-likeness (QED) is 0.900. The molecule has 0 saturated carbocycles. The minimum Gasteiger partial charge on any atom is -0.482 e. The molecule has 0 fully saturated rings. The fourth-order valence-corrected chi connectivity index (χ4v) is 2.13. The van der Waals surface area contributed by atoms with E-state index in [0.717, 1.165) is 0 Å². The van der Waals surface area contributed by atoms with Gasteiger partial charge < -0.3 is 19.9 Å². The summed E-state index contributed by atoms with van der Waals surface area (Å²) in [5.74, 6) is 0.326.